The summed E-state index contributed by atoms with van der Waals surface area (Å²) in [6, 6.07) is 10.1. The molecular weight excluding hydrogens is 307 g/mol. The highest BCUT2D eigenvalue weighted by Gasteiger charge is 2.20. The van der Waals surface area contributed by atoms with Gasteiger partial charge in [0.15, 0.2) is 5.82 Å². The lowest BCUT2D eigenvalue weighted by Gasteiger charge is -2.22. The molecule has 6 heteroatoms. The second-order valence-corrected chi connectivity index (χ2v) is 6.06. The molecule has 0 saturated carbocycles. The first-order chi connectivity index (χ1) is 11.6. The van der Waals surface area contributed by atoms with Crippen LogP contribution in [0.3, 0.4) is 0 Å². The molecule has 2 aromatic rings. The predicted octanol–water partition coefficient (Wildman–Crippen LogP) is 2.21. The number of carbonyl (C=O) groups excluding carboxylic acids is 1. The lowest BCUT2D eigenvalue weighted by atomic mass is 10.1. The van der Waals surface area contributed by atoms with Crippen molar-refractivity contribution < 1.29 is 9.18 Å². The molecule has 1 aliphatic rings. The minimum atomic E-state index is -0.305. The lowest BCUT2D eigenvalue weighted by molar-refractivity contribution is -0.130. The first-order valence-corrected chi connectivity index (χ1v) is 8.19. The first-order valence-electron chi connectivity index (χ1n) is 8.19. The molecule has 126 valence electrons. The van der Waals surface area contributed by atoms with Gasteiger partial charge < -0.3 is 9.80 Å². The van der Waals surface area contributed by atoms with Crippen LogP contribution in [0.5, 0.6) is 0 Å². The molecule has 0 spiro atoms. The topological polar surface area (TPSA) is 49.3 Å². The summed E-state index contributed by atoms with van der Waals surface area (Å²) in [6.45, 7) is 4.84. The molecule has 1 saturated heterocycles. The third kappa shape index (κ3) is 4.07. The number of nitrogens with zero attached hydrogens (tertiary/aromatic N) is 4. The van der Waals surface area contributed by atoms with Crippen molar-refractivity contribution in [1.29, 1.82) is 0 Å². The number of carbonyl (C=O) groups is 1. The van der Waals surface area contributed by atoms with Crippen LogP contribution in [-0.4, -0.2) is 47.2 Å². The van der Waals surface area contributed by atoms with Gasteiger partial charge in [-0.3, -0.25) is 4.79 Å². The van der Waals surface area contributed by atoms with Crippen LogP contribution in [0.1, 0.15) is 17.7 Å². The van der Waals surface area contributed by atoms with Gasteiger partial charge in [0.25, 0.3) is 0 Å². The molecule has 1 aliphatic heterocycles. The molecule has 2 heterocycles. The van der Waals surface area contributed by atoms with Crippen molar-refractivity contribution in [3.05, 3.63) is 53.5 Å². The van der Waals surface area contributed by atoms with Gasteiger partial charge in [-0.15, -0.1) is 5.10 Å². The summed E-state index contributed by atoms with van der Waals surface area (Å²) in [7, 11) is 0. The summed E-state index contributed by atoms with van der Waals surface area (Å²) in [4.78, 5) is 16.5. The average molecular weight is 328 g/mol. The molecule has 0 radical (unpaired) electrons. The molecule has 0 atom stereocenters. The fourth-order valence-corrected chi connectivity index (χ4v) is 2.89. The van der Waals surface area contributed by atoms with Crippen LogP contribution in [-0.2, 0) is 11.2 Å². The normalized spacial score (nSPS) is 15.2. The summed E-state index contributed by atoms with van der Waals surface area (Å²) in [6.07, 6.45) is 1.12. The number of hydrogen-bond acceptors (Lipinski definition) is 4. The Morgan fingerprint density at radius 1 is 1.12 bits per heavy atom. The van der Waals surface area contributed by atoms with Gasteiger partial charge in [0, 0.05) is 26.2 Å². The lowest BCUT2D eigenvalue weighted by Crippen LogP contribution is -2.36. The van der Waals surface area contributed by atoms with Crippen LogP contribution in [0.2, 0.25) is 0 Å². The third-order valence-corrected chi connectivity index (χ3v) is 4.20. The van der Waals surface area contributed by atoms with Gasteiger partial charge >= 0.3 is 0 Å². The Morgan fingerprint density at radius 2 is 2.00 bits per heavy atom. The van der Waals surface area contributed by atoms with E-state index < -0.39 is 0 Å². The van der Waals surface area contributed by atoms with Crippen LogP contribution in [0.4, 0.5) is 10.2 Å². The van der Waals surface area contributed by atoms with E-state index in [0.717, 1.165) is 31.0 Å². The van der Waals surface area contributed by atoms with Crippen molar-refractivity contribution in [2.45, 2.75) is 19.8 Å². The number of hydrogen-bond donors (Lipinski definition) is 0. The van der Waals surface area contributed by atoms with E-state index in [2.05, 4.69) is 15.1 Å². The second-order valence-electron chi connectivity index (χ2n) is 6.06. The number of amides is 1. The Balaban J connectivity index is 1.60. The molecule has 3 rings (SSSR count). The number of aryl methyl sites for hydroxylation is 1. The van der Waals surface area contributed by atoms with Crippen molar-refractivity contribution in [2.75, 3.05) is 31.1 Å². The SMILES string of the molecule is Cc1ccc(N2CCCN(C(=O)Cc3cccc(F)c3)CC2)nn1. The minimum absolute atomic E-state index is 0.0393. The molecular formula is C18H21FN4O. The second kappa shape index (κ2) is 7.38. The number of benzene rings is 1. The summed E-state index contributed by atoms with van der Waals surface area (Å²) in [5.41, 5.74) is 1.60. The Morgan fingerprint density at radius 3 is 2.75 bits per heavy atom. The van der Waals surface area contributed by atoms with Crippen LogP contribution in [0, 0.1) is 12.7 Å². The molecule has 1 amide bonds. The van der Waals surface area contributed by atoms with Crippen molar-refractivity contribution >= 4 is 11.7 Å². The van der Waals surface area contributed by atoms with Crippen molar-refractivity contribution in [3.63, 3.8) is 0 Å². The number of halogens is 1. The summed E-state index contributed by atoms with van der Waals surface area (Å²) in [5, 5.41) is 8.32. The van der Waals surface area contributed by atoms with E-state index in [4.69, 9.17) is 0 Å². The molecule has 1 fully saturated rings. The number of aromatic nitrogens is 2. The van der Waals surface area contributed by atoms with Gasteiger partial charge in [-0.1, -0.05) is 12.1 Å². The van der Waals surface area contributed by atoms with E-state index in [1.165, 1.54) is 12.1 Å². The zero-order valence-corrected chi connectivity index (χ0v) is 13.8. The molecule has 24 heavy (non-hydrogen) atoms. The van der Waals surface area contributed by atoms with Gasteiger partial charge in [0.1, 0.15) is 5.82 Å². The monoisotopic (exact) mass is 328 g/mol. The molecule has 1 aromatic heterocycles. The fourth-order valence-electron chi connectivity index (χ4n) is 2.89. The Labute approximate surface area is 141 Å². The van der Waals surface area contributed by atoms with E-state index >= 15 is 0 Å². The fraction of sp³-hybridized carbons (Fsp3) is 0.389. The van der Waals surface area contributed by atoms with Crippen LogP contribution >= 0.6 is 0 Å². The van der Waals surface area contributed by atoms with E-state index in [9.17, 15) is 9.18 Å². The minimum Gasteiger partial charge on any atom is -0.353 e. The van der Waals surface area contributed by atoms with E-state index in [-0.39, 0.29) is 18.1 Å². The Kier molecular flexibility index (Phi) is 5.03. The highest BCUT2D eigenvalue weighted by molar-refractivity contribution is 5.78. The maximum Gasteiger partial charge on any atom is 0.227 e. The number of anilines is 1. The Hall–Kier alpha value is -2.50. The van der Waals surface area contributed by atoms with Gasteiger partial charge in [0.2, 0.25) is 5.91 Å². The van der Waals surface area contributed by atoms with Crippen LogP contribution in [0.15, 0.2) is 36.4 Å². The zero-order valence-electron chi connectivity index (χ0n) is 13.8. The molecule has 0 N–H and O–H groups in total. The first kappa shape index (κ1) is 16.4. The van der Waals surface area contributed by atoms with E-state index in [0.29, 0.717) is 18.7 Å². The quantitative estimate of drug-likeness (QED) is 0.867. The van der Waals surface area contributed by atoms with Crippen molar-refractivity contribution in [3.8, 4) is 0 Å². The highest BCUT2D eigenvalue weighted by Crippen LogP contribution is 2.14. The molecule has 0 unspecified atom stereocenters. The average Bonchev–Trinajstić information content (AvgIpc) is 2.82. The van der Waals surface area contributed by atoms with Gasteiger partial charge in [-0.25, -0.2) is 4.39 Å². The third-order valence-electron chi connectivity index (χ3n) is 4.20. The summed E-state index contributed by atoms with van der Waals surface area (Å²) < 4.78 is 13.2. The largest absolute Gasteiger partial charge is 0.353 e. The van der Waals surface area contributed by atoms with Gasteiger partial charge in [-0.05, 0) is 43.2 Å². The van der Waals surface area contributed by atoms with Crippen molar-refractivity contribution in [2.24, 2.45) is 0 Å². The van der Waals surface area contributed by atoms with Gasteiger partial charge in [-0.2, -0.15) is 5.10 Å². The molecule has 5 nitrogen and oxygen atoms in total. The van der Waals surface area contributed by atoms with Crippen molar-refractivity contribution in [1.82, 2.24) is 15.1 Å². The van der Waals surface area contributed by atoms with E-state index in [1.807, 2.05) is 24.0 Å². The molecule has 0 bridgehead atoms. The van der Waals surface area contributed by atoms with Crippen LogP contribution < -0.4 is 4.90 Å². The van der Waals surface area contributed by atoms with E-state index in [1.54, 1.807) is 12.1 Å². The maximum atomic E-state index is 13.2. The number of rotatable bonds is 3. The molecule has 1 aromatic carbocycles. The smallest absolute Gasteiger partial charge is 0.227 e. The summed E-state index contributed by atoms with van der Waals surface area (Å²) in [5.74, 6) is 0.581. The predicted molar refractivity (Wildman–Crippen MR) is 90.3 cm³/mol. The zero-order chi connectivity index (χ0) is 16.9. The standard InChI is InChI=1S/C18H21FN4O/c1-14-6-7-17(21-20-14)22-8-3-9-23(11-10-22)18(24)13-15-4-2-5-16(19)12-15/h2,4-7,12H,3,8-11,13H2,1H3. The highest BCUT2D eigenvalue weighted by atomic mass is 19.1. The van der Waals surface area contributed by atoms with Gasteiger partial charge in [0.05, 0.1) is 12.1 Å². The Bertz CT molecular complexity index is 704. The molecule has 0 aliphatic carbocycles. The summed E-state index contributed by atoms with van der Waals surface area (Å²) >= 11 is 0. The maximum absolute atomic E-state index is 13.2. The van der Waals surface area contributed by atoms with Crippen LogP contribution in [0.25, 0.3) is 0 Å².